The molecule has 0 unspecified atom stereocenters. The highest BCUT2D eigenvalue weighted by Gasteiger charge is 2.24. The van der Waals surface area contributed by atoms with Crippen LogP contribution in [0.4, 0.5) is 11.8 Å². The lowest BCUT2D eigenvalue weighted by Gasteiger charge is -2.35. The summed E-state index contributed by atoms with van der Waals surface area (Å²) in [5.41, 5.74) is 1.05. The van der Waals surface area contributed by atoms with Crippen LogP contribution in [0.2, 0.25) is 0 Å². The number of nitrogens with one attached hydrogen (secondary N) is 1. The zero-order chi connectivity index (χ0) is 15.4. The highest BCUT2D eigenvalue weighted by molar-refractivity contribution is 5.45. The van der Waals surface area contributed by atoms with Gasteiger partial charge in [-0.2, -0.15) is 0 Å². The molecule has 0 saturated carbocycles. The van der Waals surface area contributed by atoms with Crippen LogP contribution in [0, 0.1) is 0 Å². The van der Waals surface area contributed by atoms with E-state index in [9.17, 15) is 0 Å². The van der Waals surface area contributed by atoms with Crippen molar-refractivity contribution in [3.05, 3.63) is 36.5 Å². The van der Waals surface area contributed by atoms with E-state index in [-0.39, 0.29) is 0 Å². The van der Waals surface area contributed by atoms with E-state index in [2.05, 4.69) is 39.0 Å². The maximum Gasteiger partial charge on any atom is 0.228 e. The summed E-state index contributed by atoms with van der Waals surface area (Å²) in [7, 11) is 0. The average Bonchev–Trinajstić information content (AvgIpc) is 2.56. The summed E-state index contributed by atoms with van der Waals surface area (Å²) in [5.74, 6) is 1.69. The Morgan fingerprint density at radius 3 is 2.82 bits per heavy atom. The fourth-order valence-electron chi connectivity index (χ4n) is 2.83. The zero-order valence-electron chi connectivity index (χ0n) is 13.1. The highest BCUT2D eigenvalue weighted by Crippen LogP contribution is 2.27. The van der Waals surface area contributed by atoms with Gasteiger partial charge in [0.2, 0.25) is 5.95 Å². The molecular formula is C16H22N6. The molecular weight excluding hydrogens is 276 g/mol. The number of likely N-dealkylation sites (tertiary alicyclic amines) is 1. The molecule has 0 spiro atoms. The first-order valence-corrected chi connectivity index (χ1v) is 7.82. The SMILES string of the molecule is CC(C)N1CCC[C@@H](c2cncc(Nc3ncccn3)n2)C1. The Balaban J connectivity index is 1.73. The molecule has 0 bridgehead atoms. The Labute approximate surface area is 131 Å². The van der Waals surface area contributed by atoms with Crippen LogP contribution < -0.4 is 5.32 Å². The van der Waals surface area contributed by atoms with Gasteiger partial charge < -0.3 is 10.2 Å². The smallest absolute Gasteiger partial charge is 0.228 e. The molecule has 1 atom stereocenters. The van der Waals surface area contributed by atoms with Crippen molar-refractivity contribution in [2.45, 2.75) is 38.6 Å². The molecule has 2 aromatic rings. The van der Waals surface area contributed by atoms with E-state index in [1.165, 1.54) is 19.4 Å². The van der Waals surface area contributed by atoms with Crippen molar-refractivity contribution in [2.75, 3.05) is 18.4 Å². The molecule has 6 heteroatoms. The number of hydrogen-bond acceptors (Lipinski definition) is 6. The number of anilines is 2. The molecule has 0 aromatic carbocycles. The molecule has 22 heavy (non-hydrogen) atoms. The van der Waals surface area contributed by atoms with E-state index in [0.717, 1.165) is 12.2 Å². The summed E-state index contributed by atoms with van der Waals surface area (Å²) in [6.45, 7) is 6.73. The Bertz CT molecular complexity index is 601. The van der Waals surface area contributed by atoms with Crippen LogP contribution >= 0.6 is 0 Å². The standard InChI is InChI=1S/C16H22N6/c1-12(2)22-8-3-5-13(11-22)14-9-17-10-15(20-14)21-16-18-6-4-7-19-16/h4,6-7,9-10,12-13H,3,5,8,11H2,1-2H3,(H,18,19,20,21)/t13-/m1/s1. The van der Waals surface area contributed by atoms with Gasteiger partial charge in [0.15, 0.2) is 5.82 Å². The number of aromatic nitrogens is 4. The second-order valence-corrected chi connectivity index (χ2v) is 5.95. The maximum atomic E-state index is 4.71. The predicted octanol–water partition coefficient (Wildman–Crippen LogP) is 2.60. The number of hydrogen-bond donors (Lipinski definition) is 1. The first kappa shape index (κ1) is 14.8. The van der Waals surface area contributed by atoms with Crippen molar-refractivity contribution in [1.82, 2.24) is 24.8 Å². The van der Waals surface area contributed by atoms with Crippen molar-refractivity contribution >= 4 is 11.8 Å². The topological polar surface area (TPSA) is 66.8 Å². The predicted molar refractivity (Wildman–Crippen MR) is 86.0 cm³/mol. The van der Waals surface area contributed by atoms with Crippen molar-refractivity contribution in [1.29, 1.82) is 0 Å². The Morgan fingerprint density at radius 2 is 2.05 bits per heavy atom. The van der Waals surface area contributed by atoms with Gasteiger partial charge in [-0.3, -0.25) is 4.98 Å². The van der Waals surface area contributed by atoms with Crippen molar-refractivity contribution in [3.63, 3.8) is 0 Å². The van der Waals surface area contributed by atoms with Gasteiger partial charge >= 0.3 is 0 Å². The zero-order valence-corrected chi connectivity index (χ0v) is 13.1. The maximum absolute atomic E-state index is 4.71. The van der Waals surface area contributed by atoms with E-state index < -0.39 is 0 Å². The van der Waals surface area contributed by atoms with Crippen molar-refractivity contribution in [3.8, 4) is 0 Å². The summed E-state index contributed by atoms with van der Waals surface area (Å²) in [4.78, 5) is 19.8. The molecule has 1 aliphatic rings. The molecule has 1 aliphatic heterocycles. The lowest BCUT2D eigenvalue weighted by atomic mass is 9.94. The monoisotopic (exact) mass is 298 g/mol. The second-order valence-electron chi connectivity index (χ2n) is 5.95. The minimum absolute atomic E-state index is 0.446. The quantitative estimate of drug-likeness (QED) is 0.936. The van der Waals surface area contributed by atoms with Gasteiger partial charge in [-0.1, -0.05) is 0 Å². The molecule has 6 nitrogen and oxygen atoms in total. The fraction of sp³-hybridized carbons (Fsp3) is 0.500. The molecule has 1 N–H and O–H groups in total. The Hall–Kier alpha value is -2.08. The van der Waals surface area contributed by atoms with Crippen LogP contribution in [0.25, 0.3) is 0 Å². The molecule has 1 fully saturated rings. The summed E-state index contributed by atoms with van der Waals surface area (Å²) in [5, 5.41) is 3.11. The number of piperidine rings is 1. The van der Waals surface area contributed by atoms with Gasteiger partial charge in [0.25, 0.3) is 0 Å². The van der Waals surface area contributed by atoms with E-state index in [1.807, 2.05) is 6.20 Å². The van der Waals surface area contributed by atoms with Crippen molar-refractivity contribution in [2.24, 2.45) is 0 Å². The molecule has 0 amide bonds. The minimum Gasteiger partial charge on any atom is -0.307 e. The van der Waals surface area contributed by atoms with Crippen LogP contribution in [0.5, 0.6) is 0 Å². The second kappa shape index (κ2) is 6.79. The summed E-state index contributed by atoms with van der Waals surface area (Å²) < 4.78 is 0. The first-order chi connectivity index (χ1) is 10.7. The molecule has 116 valence electrons. The minimum atomic E-state index is 0.446. The summed E-state index contributed by atoms with van der Waals surface area (Å²) >= 11 is 0. The van der Waals surface area contributed by atoms with Gasteiger partial charge in [0.1, 0.15) is 0 Å². The van der Waals surface area contributed by atoms with E-state index in [4.69, 9.17) is 4.98 Å². The molecule has 0 radical (unpaired) electrons. The normalized spacial score (nSPS) is 19.3. The highest BCUT2D eigenvalue weighted by atomic mass is 15.2. The lowest BCUT2D eigenvalue weighted by molar-refractivity contribution is 0.166. The van der Waals surface area contributed by atoms with Gasteiger partial charge in [-0.05, 0) is 39.3 Å². The van der Waals surface area contributed by atoms with Gasteiger partial charge in [0, 0.05) is 37.1 Å². The van der Waals surface area contributed by atoms with E-state index >= 15 is 0 Å². The third kappa shape index (κ3) is 3.57. The molecule has 3 rings (SSSR count). The van der Waals surface area contributed by atoms with Crippen LogP contribution in [-0.2, 0) is 0 Å². The van der Waals surface area contributed by atoms with Gasteiger partial charge in [0.05, 0.1) is 11.9 Å². The Kier molecular flexibility index (Phi) is 4.58. The molecule has 0 aliphatic carbocycles. The lowest BCUT2D eigenvalue weighted by Crippen LogP contribution is -2.39. The van der Waals surface area contributed by atoms with E-state index in [1.54, 1.807) is 24.7 Å². The summed E-state index contributed by atoms with van der Waals surface area (Å²) in [6.07, 6.45) is 9.38. The largest absolute Gasteiger partial charge is 0.307 e. The summed E-state index contributed by atoms with van der Waals surface area (Å²) in [6, 6.07) is 2.37. The van der Waals surface area contributed by atoms with Crippen LogP contribution in [-0.4, -0.2) is 44.0 Å². The fourth-order valence-corrected chi connectivity index (χ4v) is 2.83. The molecule has 1 saturated heterocycles. The number of nitrogens with zero attached hydrogens (tertiary/aromatic N) is 5. The average molecular weight is 298 g/mol. The van der Waals surface area contributed by atoms with Crippen LogP contribution in [0.3, 0.4) is 0 Å². The number of rotatable bonds is 4. The van der Waals surface area contributed by atoms with Crippen LogP contribution in [0.1, 0.15) is 38.3 Å². The molecule has 3 heterocycles. The molecule has 2 aromatic heterocycles. The van der Waals surface area contributed by atoms with Crippen molar-refractivity contribution < 1.29 is 0 Å². The van der Waals surface area contributed by atoms with Gasteiger partial charge in [-0.15, -0.1) is 0 Å². The first-order valence-electron chi connectivity index (χ1n) is 7.82. The third-order valence-electron chi connectivity index (χ3n) is 4.06. The van der Waals surface area contributed by atoms with Crippen LogP contribution in [0.15, 0.2) is 30.9 Å². The third-order valence-corrected chi connectivity index (χ3v) is 4.06. The van der Waals surface area contributed by atoms with Gasteiger partial charge in [-0.25, -0.2) is 15.0 Å². The van der Waals surface area contributed by atoms with E-state index in [0.29, 0.717) is 23.7 Å². The Morgan fingerprint density at radius 1 is 1.23 bits per heavy atom.